The highest BCUT2D eigenvalue weighted by atomic mass is 15.2. The lowest BCUT2D eigenvalue weighted by Gasteiger charge is -2.46. The maximum absolute atomic E-state index is 5.28. The molecule has 1 aliphatic rings. The molecule has 0 saturated heterocycles. The van der Waals surface area contributed by atoms with Crippen LogP contribution in [0.15, 0.2) is 164 Å². The summed E-state index contributed by atoms with van der Waals surface area (Å²) in [6, 6.07) is 58.7. The highest BCUT2D eigenvalue weighted by Gasteiger charge is 2.42. The Morgan fingerprint density at radius 1 is 0.458 bits per heavy atom. The maximum Gasteiger partial charge on any atom is 0.238 e. The molecule has 0 radical (unpaired) electrons. The van der Waals surface area contributed by atoms with Crippen molar-refractivity contribution >= 4 is 43.6 Å². The number of hydrogen-bond donors (Lipinski definition) is 0. The number of nitrogens with zero attached hydrogens (tertiary/aromatic N) is 5. The van der Waals surface area contributed by atoms with E-state index in [1.807, 2.05) is 36.4 Å². The Hall–Kier alpha value is -6.85. The van der Waals surface area contributed by atoms with E-state index >= 15 is 0 Å². The minimum Gasteiger partial charge on any atom is -0.307 e. The lowest BCUT2D eigenvalue weighted by Crippen LogP contribution is -2.40. The molecule has 7 aromatic carbocycles. The molecule has 1 aliphatic carbocycles. The summed E-state index contributed by atoms with van der Waals surface area (Å²) in [5.74, 6) is 2.42. The number of fused-ring (bicyclic) bond motifs is 8. The first-order chi connectivity index (χ1) is 28.7. The van der Waals surface area contributed by atoms with Gasteiger partial charge in [-0.15, -0.1) is 0 Å². The molecule has 0 bridgehead atoms. The van der Waals surface area contributed by atoms with Gasteiger partial charge in [0.1, 0.15) is 0 Å². The SMILES string of the molecule is CC1CC(C)(C)c2ccc(-c3cccc(-n4c5ccccc5c5ccc6c7ccccc7n(-c7nc(-c8ccccc8)nc(-c8ccccc8)n7)c6c54)c3)cc2C1(C)C. The van der Waals surface area contributed by atoms with Crippen LogP contribution in [-0.4, -0.2) is 24.1 Å². The Morgan fingerprint density at radius 2 is 0.983 bits per heavy atom. The molecule has 5 heteroatoms. The fourth-order valence-corrected chi connectivity index (χ4v) is 9.94. The Morgan fingerprint density at radius 3 is 1.61 bits per heavy atom. The van der Waals surface area contributed by atoms with Gasteiger partial charge in [0.25, 0.3) is 0 Å². The zero-order chi connectivity index (χ0) is 40.0. The van der Waals surface area contributed by atoms with Crippen molar-refractivity contribution in [1.29, 1.82) is 0 Å². The van der Waals surface area contributed by atoms with Gasteiger partial charge < -0.3 is 4.57 Å². The van der Waals surface area contributed by atoms with Crippen LogP contribution in [0.1, 0.15) is 52.2 Å². The van der Waals surface area contributed by atoms with Gasteiger partial charge in [0.05, 0.1) is 22.1 Å². The van der Waals surface area contributed by atoms with Crippen molar-refractivity contribution in [2.45, 2.75) is 51.9 Å². The normalized spacial score (nSPS) is 15.9. The summed E-state index contributed by atoms with van der Waals surface area (Å²) in [5, 5.41) is 4.66. The fraction of sp³-hybridized carbons (Fsp3) is 0.167. The molecule has 10 aromatic rings. The Bertz CT molecular complexity index is 3200. The van der Waals surface area contributed by atoms with Gasteiger partial charge in [0.2, 0.25) is 5.95 Å². The van der Waals surface area contributed by atoms with Crippen LogP contribution >= 0.6 is 0 Å². The molecule has 3 heterocycles. The van der Waals surface area contributed by atoms with Gasteiger partial charge in [0, 0.05) is 38.4 Å². The van der Waals surface area contributed by atoms with E-state index in [0.717, 1.165) is 49.7 Å². The third-order valence-corrected chi connectivity index (χ3v) is 13.3. The molecule has 0 fully saturated rings. The van der Waals surface area contributed by atoms with Crippen LogP contribution in [0.25, 0.3) is 89.2 Å². The van der Waals surface area contributed by atoms with E-state index in [4.69, 9.17) is 15.0 Å². The van der Waals surface area contributed by atoms with Gasteiger partial charge in [-0.05, 0) is 69.7 Å². The summed E-state index contributed by atoms with van der Waals surface area (Å²) in [7, 11) is 0. The monoisotopic (exact) mass is 763 g/mol. The van der Waals surface area contributed by atoms with Crippen molar-refractivity contribution in [3.63, 3.8) is 0 Å². The lowest BCUT2D eigenvalue weighted by molar-refractivity contribution is 0.233. The van der Waals surface area contributed by atoms with Crippen LogP contribution in [-0.2, 0) is 10.8 Å². The predicted molar refractivity (Wildman–Crippen MR) is 245 cm³/mol. The molecule has 5 nitrogen and oxygen atoms in total. The van der Waals surface area contributed by atoms with Crippen molar-refractivity contribution in [1.82, 2.24) is 24.1 Å². The summed E-state index contributed by atoms with van der Waals surface area (Å²) in [6.45, 7) is 12.1. The number of benzene rings is 7. The van der Waals surface area contributed by atoms with E-state index in [1.165, 1.54) is 39.4 Å². The second-order valence-corrected chi connectivity index (χ2v) is 17.6. The fourth-order valence-electron chi connectivity index (χ4n) is 9.94. The Kier molecular flexibility index (Phi) is 7.83. The average Bonchev–Trinajstić information content (AvgIpc) is 3.79. The number of para-hydroxylation sites is 2. The molecule has 0 amide bonds. The molecule has 11 rings (SSSR count). The number of rotatable bonds is 5. The van der Waals surface area contributed by atoms with E-state index in [0.29, 0.717) is 23.5 Å². The number of aromatic nitrogens is 5. The van der Waals surface area contributed by atoms with Crippen molar-refractivity contribution in [2.24, 2.45) is 5.92 Å². The molecule has 1 atom stereocenters. The molecule has 0 N–H and O–H groups in total. The largest absolute Gasteiger partial charge is 0.307 e. The van der Waals surface area contributed by atoms with E-state index in [1.54, 1.807) is 0 Å². The van der Waals surface area contributed by atoms with Crippen molar-refractivity contribution in [3.05, 3.63) is 175 Å². The highest BCUT2D eigenvalue weighted by molar-refractivity contribution is 6.23. The molecule has 286 valence electrons. The topological polar surface area (TPSA) is 48.5 Å². The van der Waals surface area contributed by atoms with Gasteiger partial charge in [0.15, 0.2) is 11.6 Å². The molecule has 0 spiro atoms. The number of hydrogen-bond acceptors (Lipinski definition) is 3. The first-order valence-corrected chi connectivity index (χ1v) is 20.8. The highest BCUT2D eigenvalue weighted by Crippen LogP contribution is 2.50. The van der Waals surface area contributed by atoms with E-state index in [9.17, 15) is 0 Å². The smallest absolute Gasteiger partial charge is 0.238 e. The summed E-state index contributed by atoms with van der Waals surface area (Å²) < 4.78 is 4.72. The predicted octanol–water partition coefficient (Wildman–Crippen LogP) is 13.7. The van der Waals surface area contributed by atoms with Crippen LogP contribution in [0.3, 0.4) is 0 Å². The lowest BCUT2D eigenvalue weighted by atomic mass is 9.58. The minimum absolute atomic E-state index is 0.0834. The molecule has 3 aromatic heterocycles. The van der Waals surface area contributed by atoms with Gasteiger partial charge >= 0.3 is 0 Å². The first kappa shape index (κ1) is 35.3. The molecular weight excluding hydrogens is 719 g/mol. The third kappa shape index (κ3) is 5.48. The Labute approximate surface area is 344 Å². The standard InChI is InChI=1S/C54H45N5/c1-34-33-53(2,3)44-30-27-38(32-45(44)54(34,4)5)37-21-16-22-39(31-37)58-46-25-14-12-23-40(46)42-28-29-43-41-24-13-15-26-47(41)59(49(43)48(42)58)52-56-50(35-17-8-6-9-18-35)55-51(57-52)36-19-10-7-11-20-36/h6-32,34H,33H2,1-5H3. The molecule has 0 aliphatic heterocycles. The zero-order valence-electron chi connectivity index (χ0n) is 34.1. The maximum atomic E-state index is 5.28. The summed E-state index contributed by atoms with van der Waals surface area (Å²) in [4.78, 5) is 15.6. The summed E-state index contributed by atoms with van der Waals surface area (Å²) in [6.07, 6.45) is 1.19. The molecule has 1 unspecified atom stereocenters. The third-order valence-electron chi connectivity index (χ3n) is 13.3. The van der Waals surface area contributed by atoms with Gasteiger partial charge in [-0.1, -0.05) is 174 Å². The molecule has 59 heavy (non-hydrogen) atoms. The van der Waals surface area contributed by atoms with Gasteiger partial charge in [-0.2, -0.15) is 9.97 Å². The van der Waals surface area contributed by atoms with Crippen molar-refractivity contribution in [2.75, 3.05) is 0 Å². The van der Waals surface area contributed by atoms with Gasteiger partial charge in [-0.25, -0.2) is 4.98 Å². The van der Waals surface area contributed by atoms with Crippen LogP contribution in [0, 0.1) is 5.92 Å². The minimum atomic E-state index is 0.0834. The summed E-state index contributed by atoms with van der Waals surface area (Å²) in [5.41, 5.74) is 13.0. The van der Waals surface area contributed by atoms with Crippen LogP contribution < -0.4 is 0 Å². The van der Waals surface area contributed by atoms with Gasteiger partial charge in [-0.3, -0.25) is 4.57 Å². The van der Waals surface area contributed by atoms with Crippen LogP contribution in [0.5, 0.6) is 0 Å². The second-order valence-electron chi connectivity index (χ2n) is 17.6. The van der Waals surface area contributed by atoms with E-state index < -0.39 is 0 Å². The average molecular weight is 764 g/mol. The molecular formula is C54H45N5. The molecule has 0 saturated carbocycles. The Balaban J connectivity index is 1.21. The van der Waals surface area contributed by atoms with E-state index in [2.05, 4.69) is 171 Å². The van der Waals surface area contributed by atoms with Crippen LogP contribution in [0.4, 0.5) is 0 Å². The van der Waals surface area contributed by atoms with E-state index in [-0.39, 0.29) is 10.8 Å². The van der Waals surface area contributed by atoms with Crippen LogP contribution in [0.2, 0.25) is 0 Å². The second kappa shape index (κ2) is 13.1. The zero-order valence-corrected chi connectivity index (χ0v) is 34.1. The quantitative estimate of drug-likeness (QED) is 0.175. The summed E-state index contributed by atoms with van der Waals surface area (Å²) >= 11 is 0. The first-order valence-electron chi connectivity index (χ1n) is 20.8. The van der Waals surface area contributed by atoms with Crippen molar-refractivity contribution < 1.29 is 0 Å². The van der Waals surface area contributed by atoms with Crippen molar-refractivity contribution in [3.8, 4) is 45.5 Å².